The Bertz CT molecular complexity index is 1270. The number of ether oxygens (including phenoxy) is 2. The van der Waals surface area contributed by atoms with Crippen LogP contribution in [0, 0.1) is 23.0 Å². The average Bonchev–Trinajstić information content (AvgIpc) is 3.26. The van der Waals surface area contributed by atoms with Crippen molar-refractivity contribution in [3.8, 4) is 11.5 Å². The van der Waals surface area contributed by atoms with Crippen LogP contribution in [0.1, 0.15) is 22.3 Å². The molecule has 0 N–H and O–H groups in total. The number of nitro benzene ring substituents is 1. The molecule has 0 saturated carbocycles. The first-order valence-corrected chi connectivity index (χ1v) is 10.9. The van der Waals surface area contributed by atoms with E-state index in [1.807, 2.05) is 31.2 Å². The third kappa shape index (κ3) is 5.70. The van der Waals surface area contributed by atoms with Crippen LogP contribution in [0.2, 0.25) is 0 Å². The van der Waals surface area contributed by atoms with Crippen molar-refractivity contribution in [2.75, 3.05) is 18.1 Å². The number of benzene rings is 3. The second-order valence-corrected chi connectivity index (χ2v) is 8.15. The van der Waals surface area contributed by atoms with Crippen molar-refractivity contribution in [1.82, 2.24) is 0 Å². The molecule has 35 heavy (non-hydrogen) atoms. The second-order valence-electron chi connectivity index (χ2n) is 8.15. The Morgan fingerprint density at radius 2 is 1.69 bits per heavy atom. The molecule has 3 aromatic rings. The minimum atomic E-state index is -0.719. The van der Waals surface area contributed by atoms with E-state index in [9.17, 15) is 24.5 Å². The maximum atomic E-state index is 12.5. The van der Waals surface area contributed by atoms with Crippen molar-refractivity contribution in [2.45, 2.75) is 13.3 Å². The van der Waals surface area contributed by atoms with Gasteiger partial charge in [-0.2, -0.15) is 0 Å². The van der Waals surface area contributed by atoms with Gasteiger partial charge in [-0.3, -0.25) is 24.5 Å². The predicted molar refractivity (Wildman–Crippen MR) is 127 cm³/mol. The predicted octanol–water partition coefficient (Wildman–Crippen LogP) is 4.47. The largest absolute Gasteiger partial charge is 0.457 e. The van der Waals surface area contributed by atoms with Gasteiger partial charge >= 0.3 is 5.97 Å². The standard InChI is InChI=1S/C26H22N2O7/c1-17-5-9-22(10-6-17)35-23-11-7-20(8-12-23)27-15-19(14-25(27)30)26(31)34-16-24(29)18-3-2-4-21(13-18)28(32)33/h2-13,19H,14-16H2,1H3/t19-/m0/s1. The second kappa shape index (κ2) is 10.2. The molecule has 0 bridgehead atoms. The van der Waals surface area contributed by atoms with Crippen LogP contribution in [-0.4, -0.2) is 35.7 Å². The van der Waals surface area contributed by atoms with Gasteiger partial charge in [0.25, 0.3) is 5.69 Å². The molecule has 0 radical (unpaired) electrons. The molecule has 9 heteroatoms. The summed E-state index contributed by atoms with van der Waals surface area (Å²) in [5.74, 6) is -0.873. The van der Waals surface area contributed by atoms with Gasteiger partial charge in [0.2, 0.25) is 11.7 Å². The lowest BCUT2D eigenvalue weighted by Crippen LogP contribution is -2.27. The number of Topliss-reactive ketones (excluding diaryl/α,β-unsaturated/α-hetero) is 1. The third-order valence-corrected chi connectivity index (χ3v) is 5.59. The van der Waals surface area contributed by atoms with Crippen LogP contribution in [0.4, 0.5) is 11.4 Å². The summed E-state index contributed by atoms with van der Waals surface area (Å²) in [4.78, 5) is 49.0. The number of anilines is 1. The molecule has 4 rings (SSSR count). The van der Waals surface area contributed by atoms with E-state index in [0.29, 0.717) is 17.2 Å². The van der Waals surface area contributed by atoms with Crippen LogP contribution >= 0.6 is 0 Å². The number of non-ortho nitro benzene ring substituents is 1. The van der Waals surface area contributed by atoms with E-state index in [4.69, 9.17) is 9.47 Å². The smallest absolute Gasteiger partial charge is 0.311 e. The quantitative estimate of drug-likeness (QED) is 0.205. The SMILES string of the molecule is Cc1ccc(Oc2ccc(N3C[C@@H](C(=O)OCC(=O)c4cccc([N+](=O)[O-])c4)CC3=O)cc2)cc1. The number of nitrogens with zero attached hydrogens (tertiary/aromatic N) is 2. The molecule has 178 valence electrons. The molecule has 1 heterocycles. The molecule has 0 aliphatic carbocycles. The Balaban J connectivity index is 1.33. The summed E-state index contributed by atoms with van der Waals surface area (Å²) in [5, 5.41) is 10.9. The Hall–Kier alpha value is -4.53. The van der Waals surface area contributed by atoms with Crippen molar-refractivity contribution in [2.24, 2.45) is 5.92 Å². The van der Waals surface area contributed by atoms with E-state index in [0.717, 1.165) is 11.6 Å². The molecule has 1 amide bonds. The average molecular weight is 474 g/mol. The highest BCUT2D eigenvalue weighted by Gasteiger charge is 2.36. The van der Waals surface area contributed by atoms with E-state index < -0.39 is 29.2 Å². The van der Waals surface area contributed by atoms with Gasteiger partial charge in [0.05, 0.1) is 10.8 Å². The highest BCUT2D eigenvalue weighted by Crippen LogP contribution is 2.29. The fourth-order valence-corrected chi connectivity index (χ4v) is 3.68. The number of aryl methyl sites for hydroxylation is 1. The van der Waals surface area contributed by atoms with Gasteiger partial charge in [0.1, 0.15) is 11.5 Å². The molecule has 1 atom stereocenters. The minimum absolute atomic E-state index is 0.0363. The first kappa shape index (κ1) is 23.6. The topological polar surface area (TPSA) is 116 Å². The fourth-order valence-electron chi connectivity index (χ4n) is 3.68. The van der Waals surface area contributed by atoms with E-state index >= 15 is 0 Å². The van der Waals surface area contributed by atoms with Crippen molar-refractivity contribution >= 4 is 29.0 Å². The molecule has 9 nitrogen and oxygen atoms in total. The van der Waals surface area contributed by atoms with Gasteiger partial charge in [-0.1, -0.05) is 29.8 Å². The molecule has 1 aliphatic rings. The van der Waals surface area contributed by atoms with Crippen LogP contribution in [0.15, 0.2) is 72.8 Å². The maximum Gasteiger partial charge on any atom is 0.311 e. The summed E-state index contributed by atoms with van der Waals surface area (Å²) in [6.45, 7) is 1.56. The summed E-state index contributed by atoms with van der Waals surface area (Å²) in [6, 6.07) is 19.8. The molecule has 1 fully saturated rings. The molecule has 0 spiro atoms. The lowest BCUT2D eigenvalue weighted by molar-refractivity contribution is -0.384. The number of carbonyl (C=O) groups is 3. The number of hydrogen-bond donors (Lipinski definition) is 0. The number of hydrogen-bond acceptors (Lipinski definition) is 7. The summed E-state index contributed by atoms with van der Waals surface area (Å²) in [5.41, 5.74) is 1.59. The highest BCUT2D eigenvalue weighted by molar-refractivity contribution is 6.01. The summed E-state index contributed by atoms with van der Waals surface area (Å²) >= 11 is 0. The zero-order valence-corrected chi connectivity index (χ0v) is 18.9. The summed E-state index contributed by atoms with van der Waals surface area (Å²) < 4.78 is 10.9. The molecule has 0 aromatic heterocycles. The zero-order valence-electron chi connectivity index (χ0n) is 18.9. The van der Waals surface area contributed by atoms with Gasteiger partial charge in [0.15, 0.2) is 6.61 Å². The number of carbonyl (C=O) groups excluding carboxylic acids is 3. The van der Waals surface area contributed by atoms with Gasteiger partial charge in [0, 0.05) is 36.3 Å². The fraction of sp³-hybridized carbons (Fsp3) is 0.192. The lowest BCUT2D eigenvalue weighted by atomic mass is 10.1. The molecular formula is C26H22N2O7. The van der Waals surface area contributed by atoms with Gasteiger partial charge in [-0.15, -0.1) is 0 Å². The summed E-state index contributed by atoms with van der Waals surface area (Å²) in [6.07, 6.45) is -0.0363. The van der Waals surface area contributed by atoms with Crippen molar-refractivity contribution in [3.05, 3.63) is 94.0 Å². The molecule has 0 unspecified atom stereocenters. The van der Waals surface area contributed by atoms with Crippen molar-refractivity contribution in [3.63, 3.8) is 0 Å². The number of rotatable bonds is 8. The Morgan fingerprint density at radius 3 is 2.34 bits per heavy atom. The zero-order chi connectivity index (χ0) is 24.9. The van der Waals surface area contributed by atoms with Crippen LogP contribution in [0.25, 0.3) is 0 Å². The highest BCUT2D eigenvalue weighted by atomic mass is 16.6. The first-order valence-electron chi connectivity index (χ1n) is 10.9. The normalized spacial score (nSPS) is 15.1. The Kier molecular flexibility index (Phi) is 6.86. The molecule has 1 saturated heterocycles. The van der Waals surface area contributed by atoms with Crippen LogP contribution in [-0.2, 0) is 14.3 Å². The third-order valence-electron chi connectivity index (χ3n) is 5.59. The first-order chi connectivity index (χ1) is 16.8. The van der Waals surface area contributed by atoms with E-state index in [1.54, 1.807) is 24.3 Å². The molecule has 1 aliphatic heterocycles. The van der Waals surface area contributed by atoms with Gasteiger partial charge in [-0.25, -0.2) is 0 Å². The van der Waals surface area contributed by atoms with Crippen molar-refractivity contribution in [1.29, 1.82) is 0 Å². The maximum absolute atomic E-state index is 12.5. The number of ketones is 1. The number of nitro groups is 1. The van der Waals surface area contributed by atoms with Crippen molar-refractivity contribution < 1.29 is 28.8 Å². The summed E-state index contributed by atoms with van der Waals surface area (Å²) in [7, 11) is 0. The molecular weight excluding hydrogens is 452 g/mol. The van der Waals surface area contributed by atoms with E-state index in [1.165, 1.54) is 23.1 Å². The lowest BCUT2D eigenvalue weighted by Gasteiger charge is -2.17. The Labute approximate surface area is 201 Å². The van der Waals surface area contributed by atoms with Crippen LogP contribution in [0.5, 0.6) is 11.5 Å². The van der Waals surface area contributed by atoms with Crippen LogP contribution in [0.3, 0.4) is 0 Å². The van der Waals surface area contributed by atoms with Gasteiger partial charge < -0.3 is 14.4 Å². The van der Waals surface area contributed by atoms with Crippen LogP contribution < -0.4 is 9.64 Å². The van der Waals surface area contributed by atoms with E-state index in [-0.39, 0.29) is 30.1 Å². The molecule has 3 aromatic carbocycles. The minimum Gasteiger partial charge on any atom is -0.457 e. The number of esters is 1. The monoisotopic (exact) mass is 474 g/mol. The van der Waals surface area contributed by atoms with E-state index in [2.05, 4.69) is 0 Å². The number of amides is 1. The van der Waals surface area contributed by atoms with Gasteiger partial charge in [-0.05, 0) is 43.3 Å². The Morgan fingerprint density at radius 1 is 1.03 bits per heavy atom.